The second-order valence-electron chi connectivity index (χ2n) is 6.33. The van der Waals surface area contributed by atoms with E-state index in [0.29, 0.717) is 42.1 Å². The van der Waals surface area contributed by atoms with E-state index >= 15 is 0 Å². The lowest BCUT2D eigenvalue weighted by Crippen LogP contribution is -2.49. The van der Waals surface area contributed by atoms with E-state index in [0.717, 1.165) is 0 Å². The fourth-order valence-corrected chi connectivity index (χ4v) is 3.18. The lowest BCUT2D eigenvalue weighted by Gasteiger charge is -2.32. The number of rotatable bonds is 5. The van der Waals surface area contributed by atoms with E-state index in [2.05, 4.69) is 26.6 Å². The minimum Gasteiger partial charge on any atom is -0.456 e. The van der Waals surface area contributed by atoms with Crippen LogP contribution in [0, 0.1) is 6.92 Å². The second kappa shape index (κ2) is 8.43. The third-order valence-corrected chi connectivity index (χ3v) is 4.77. The third-order valence-electron chi connectivity index (χ3n) is 4.34. The van der Waals surface area contributed by atoms with Crippen molar-refractivity contribution in [3.05, 3.63) is 46.2 Å². The molecule has 0 saturated carbocycles. The van der Waals surface area contributed by atoms with E-state index in [9.17, 15) is 14.4 Å². The van der Waals surface area contributed by atoms with E-state index < -0.39 is 5.91 Å². The molecule has 9 heteroatoms. The average molecular weight is 438 g/mol. The van der Waals surface area contributed by atoms with Gasteiger partial charge in [0, 0.05) is 19.1 Å². The van der Waals surface area contributed by atoms with Gasteiger partial charge in [0.05, 0.1) is 6.54 Å². The number of halogens is 1. The Morgan fingerprint density at radius 3 is 2.33 bits per heavy atom. The first-order valence-electron chi connectivity index (χ1n) is 8.61. The summed E-state index contributed by atoms with van der Waals surface area (Å²) >= 11 is 3.12. The standard InChI is InChI=1S/C18H20BrN3O5/c1-11-2-3-14(26-11)18(25)21-12-6-8-22(9-7-12)16(23)10-20-17(24)13-4-5-15(19)27-13/h2-5,12H,6-10H2,1H3,(H,20,24)(H,21,25). The first kappa shape index (κ1) is 19.2. The number of hydrogen-bond acceptors (Lipinski definition) is 5. The summed E-state index contributed by atoms with van der Waals surface area (Å²) in [6.07, 6.45) is 1.30. The van der Waals surface area contributed by atoms with E-state index in [-0.39, 0.29) is 30.2 Å². The summed E-state index contributed by atoms with van der Waals surface area (Å²) in [6, 6.07) is 6.51. The Bertz CT molecular complexity index is 836. The lowest BCUT2D eigenvalue weighted by atomic mass is 10.0. The second-order valence-corrected chi connectivity index (χ2v) is 7.11. The number of hydrogen-bond donors (Lipinski definition) is 2. The van der Waals surface area contributed by atoms with Crippen molar-refractivity contribution in [1.29, 1.82) is 0 Å². The molecule has 0 aromatic carbocycles. The number of piperidine rings is 1. The highest BCUT2D eigenvalue weighted by Crippen LogP contribution is 2.14. The first-order chi connectivity index (χ1) is 12.9. The minimum atomic E-state index is -0.440. The van der Waals surface area contributed by atoms with Gasteiger partial charge in [0.25, 0.3) is 11.8 Å². The van der Waals surface area contributed by atoms with Gasteiger partial charge in [-0.05, 0) is 60.0 Å². The predicted molar refractivity (Wildman–Crippen MR) is 99.3 cm³/mol. The van der Waals surface area contributed by atoms with Crippen molar-refractivity contribution < 1.29 is 23.2 Å². The maximum Gasteiger partial charge on any atom is 0.287 e. The van der Waals surface area contributed by atoms with Crippen LogP contribution < -0.4 is 10.6 Å². The Balaban J connectivity index is 1.41. The average Bonchev–Trinajstić information content (AvgIpc) is 3.28. The van der Waals surface area contributed by atoms with Gasteiger partial charge in [-0.25, -0.2) is 0 Å². The van der Waals surface area contributed by atoms with Crippen molar-refractivity contribution in [3.63, 3.8) is 0 Å². The normalized spacial score (nSPS) is 14.8. The molecule has 3 heterocycles. The molecule has 0 radical (unpaired) electrons. The van der Waals surface area contributed by atoms with Gasteiger partial charge < -0.3 is 24.4 Å². The molecular weight excluding hydrogens is 418 g/mol. The molecule has 3 rings (SSSR count). The maximum atomic E-state index is 12.3. The van der Waals surface area contributed by atoms with Crippen molar-refractivity contribution in [1.82, 2.24) is 15.5 Å². The minimum absolute atomic E-state index is 0.0120. The van der Waals surface area contributed by atoms with Crippen LogP contribution in [0.2, 0.25) is 0 Å². The van der Waals surface area contributed by atoms with Crippen LogP contribution in [-0.2, 0) is 4.79 Å². The van der Waals surface area contributed by atoms with Gasteiger partial charge in [-0.15, -0.1) is 0 Å². The quantitative estimate of drug-likeness (QED) is 0.744. The molecule has 144 valence electrons. The highest BCUT2D eigenvalue weighted by atomic mass is 79.9. The summed E-state index contributed by atoms with van der Waals surface area (Å²) in [5.74, 6) is 0.266. The van der Waals surface area contributed by atoms with Crippen molar-refractivity contribution >= 4 is 33.7 Å². The van der Waals surface area contributed by atoms with Crippen molar-refractivity contribution in [2.24, 2.45) is 0 Å². The molecule has 0 atom stereocenters. The highest BCUT2D eigenvalue weighted by molar-refractivity contribution is 9.10. The summed E-state index contributed by atoms with van der Waals surface area (Å²) in [6.45, 7) is 2.72. The number of carbonyl (C=O) groups is 3. The van der Waals surface area contributed by atoms with Crippen LogP contribution in [0.4, 0.5) is 0 Å². The molecule has 1 fully saturated rings. The van der Waals surface area contributed by atoms with E-state index in [1.54, 1.807) is 30.0 Å². The fraction of sp³-hybridized carbons (Fsp3) is 0.389. The van der Waals surface area contributed by atoms with Crippen LogP contribution in [0.15, 0.2) is 37.8 Å². The van der Waals surface area contributed by atoms with E-state index in [1.807, 2.05) is 0 Å². The number of aryl methyl sites for hydroxylation is 1. The zero-order valence-electron chi connectivity index (χ0n) is 14.8. The molecule has 0 spiro atoms. The monoisotopic (exact) mass is 437 g/mol. The van der Waals surface area contributed by atoms with Gasteiger partial charge in [0.2, 0.25) is 5.91 Å². The van der Waals surface area contributed by atoms with Crippen molar-refractivity contribution in [2.45, 2.75) is 25.8 Å². The van der Waals surface area contributed by atoms with E-state index in [1.165, 1.54) is 6.07 Å². The molecule has 0 bridgehead atoms. The first-order valence-corrected chi connectivity index (χ1v) is 9.40. The number of nitrogens with one attached hydrogen (secondary N) is 2. The number of furan rings is 2. The van der Waals surface area contributed by atoms with Crippen LogP contribution in [0.1, 0.15) is 39.7 Å². The van der Waals surface area contributed by atoms with Crippen LogP contribution in [0.25, 0.3) is 0 Å². The molecule has 8 nitrogen and oxygen atoms in total. The fourth-order valence-electron chi connectivity index (χ4n) is 2.88. The molecular formula is C18H20BrN3O5. The summed E-state index contributed by atoms with van der Waals surface area (Å²) < 4.78 is 10.9. The van der Waals surface area contributed by atoms with Crippen LogP contribution in [0.5, 0.6) is 0 Å². The number of nitrogens with zero attached hydrogens (tertiary/aromatic N) is 1. The molecule has 27 heavy (non-hydrogen) atoms. The van der Waals surface area contributed by atoms with Gasteiger partial charge in [0.1, 0.15) is 5.76 Å². The number of amides is 3. The number of carbonyl (C=O) groups excluding carboxylic acids is 3. The molecule has 2 aromatic heterocycles. The molecule has 1 aliphatic rings. The Hall–Kier alpha value is -2.55. The summed E-state index contributed by atoms with van der Waals surface area (Å²) in [4.78, 5) is 38.0. The van der Waals surface area contributed by atoms with Gasteiger partial charge >= 0.3 is 0 Å². The van der Waals surface area contributed by atoms with Crippen LogP contribution >= 0.6 is 15.9 Å². The van der Waals surface area contributed by atoms with Crippen molar-refractivity contribution in [3.8, 4) is 0 Å². The van der Waals surface area contributed by atoms with Gasteiger partial charge in [-0.3, -0.25) is 14.4 Å². The molecule has 2 aromatic rings. The highest BCUT2D eigenvalue weighted by Gasteiger charge is 2.25. The third kappa shape index (κ3) is 5.00. The SMILES string of the molecule is Cc1ccc(C(=O)NC2CCN(C(=O)CNC(=O)c3ccc(Br)o3)CC2)o1. The Morgan fingerprint density at radius 1 is 1.07 bits per heavy atom. The van der Waals surface area contributed by atoms with Gasteiger partial charge in [-0.2, -0.15) is 0 Å². The zero-order chi connectivity index (χ0) is 19.4. The summed E-state index contributed by atoms with van der Waals surface area (Å²) in [7, 11) is 0. The Morgan fingerprint density at radius 2 is 1.74 bits per heavy atom. The topological polar surface area (TPSA) is 105 Å². The Labute approximate surface area is 164 Å². The molecule has 0 unspecified atom stereocenters. The molecule has 1 aliphatic heterocycles. The Kier molecular flexibility index (Phi) is 6.00. The maximum absolute atomic E-state index is 12.3. The van der Waals surface area contributed by atoms with Gasteiger partial charge in [0.15, 0.2) is 16.2 Å². The van der Waals surface area contributed by atoms with Crippen LogP contribution in [-0.4, -0.2) is 48.3 Å². The zero-order valence-corrected chi connectivity index (χ0v) is 16.4. The van der Waals surface area contributed by atoms with E-state index in [4.69, 9.17) is 8.83 Å². The smallest absolute Gasteiger partial charge is 0.287 e. The lowest BCUT2D eigenvalue weighted by molar-refractivity contribution is -0.131. The van der Waals surface area contributed by atoms with Crippen LogP contribution in [0.3, 0.4) is 0 Å². The van der Waals surface area contributed by atoms with Crippen molar-refractivity contribution in [2.75, 3.05) is 19.6 Å². The summed E-state index contributed by atoms with van der Waals surface area (Å²) in [5, 5.41) is 5.47. The molecule has 2 N–H and O–H groups in total. The predicted octanol–water partition coefficient (Wildman–Crippen LogP) is 2.09. The number of likely N-dealkylation sites (tertiary alicyclic amines) is 1. The largest absolute Gasteiger partial charge is 0.456 e. The van der Waals surface area contributed by atoms with Gasteiger partial charge in [-0.1, -0.05) is 0 Å². The molecule has 0 aliphatic carbocycles. The summed E-state index contributed by atoms with van der Waals surface area (Å²) in [5.41, 5.74) is 0. The molecule has 1 saturated heterocycles. The molecule has 3 amide bonds.